The van der Waals surface area contributed by atoms with E-state index in [0.29, 0.717) is 12.1 Å². The van der Waals surface area contributed by atoms with E-state index in [2.05, 4.69) is 4.98 Å². The molecule has 2 heterocycles. The van der Waals surface area contributed by atoms with E-state index in [1.807, 2.05) is 16.8 Å². The van der Waals surface area contributed by atoms with Crippen LogP contribution in [-0.4, -0.2) is 22.8 Å². The quantitative estimate of drug-likeness (QED) is 0.899. The molecule has 0 aliphatic heterocycles. The van der Waals surface area contributed by atoms with Gasteiger partial charge >= 0.3 is 0 Å². The average Bonchev–Trinajstić information content (AvgIpc) is 2.82. The molecule has 2 rings (SSSR count). The summed E-state index contributed by atoms with van der Waals surface area (Å²) in [6, 6.07) is 4.87. The molecule has 0 aliphatic rings. The molecule has 0 fully saturated rings. The second kappa shape index (κ2) is 4.97. The number of amides is 1. The number of aromatic amines is 1. The number of H-pyrrole nitrogens is 1. The molecule has 0 aromatic carbocycles. The molecule has 17 heavy (non-hydrogen) atoms. The maximum atomic E-state index is 12.0. The van der Waals surface area contributed by atoms with Crippen LogP contribution in [0.2, 0.25) is 0 Å². The molecule has 1 N–H and O–H groups in total. The van der Waals surface area contributed by atoms with Gasteiger partial charge in [0, 0.05) is 25.9 Å². The van der Waals surface area contributed by atoms with Gasteiger partial charge in [-0.25, -0.2) is 0 Å². The maximum absolute atomic E-state index is 12.0. The summed E-state index contributed by atoms with van der Waals surface area (Å²) in [4.78, 5) is 27.0. The highest BCUT2D eigenvalue weighted by Gasteiger charge is 2.11. The summed E-state index contributed by atoms with van der Waals surface area (Å²) in [5, 5.41) is 3.99. The molecule has 0 atom stereocenters. The molecule has 0 saturated carbocycles. The van der Waals surface area contributed by atoms with Gasteiger partial charge in [-0.3, -0.25) is 9.59 Å². The topological polar surface area (TPSA) is 53.2 Å². The van der Waals surface area contributed by atoms with Crippen LogP contribution in [0.4, 0.5) is 0 Å². The minimum atomic E-state index is -0.206. The zero-order chi connectivity index (χ0) is 12.3. The zero-order valence-corrected chi connectivity index (χ0v) is 10.2. The second-order valence-corrected chi connectivity index (χ2v) is 4.51. The van der Waals surface area contributed by atoms with E-state index in [9.17, 15) is 9.59 Å². The fraction of sp³-hybridized carbons (Fsp3) is 0.167. The highest BCUT2D eigenvalue weighted by molar-refractivity contribution is 7.07. The Morgan fingerprint density at radius 1 is 1.41 bits per heavy atom. The lowest BCUT2D eigenvalue weighted by Gasteiger charge is -2.16. The van der Waals surface area contributed by atoms with Crippen LogP contribution in [0.3, 0.4) is 0 Å². The minimum Gasteiger partial charge on any atom is -0.337 e. The van der Waals surface area contributed by atoms with Crippen molar-refractivity contribution in [3.05, 3.63) is 56.6 Å². The Hall–Kier alpha value is -1.88. The summed E-state index contributed by atoms with van der Waals surface area (Å²) >= 11 is 1.61. The van der Waals surface area contributed by atoms with Crippen molar-refractivity contribution in [2.24, 2.45) is 0 Å². The Balaban J connectivity index is 2.09. The van der Waals surface area contributed by atoms with Crippen molar-refractivity contribution >= 4 is 17.2 Å². The zero-order valence-electron chi connectivity index (χ0n) is 9.34. The van der Waals surface area contributed by atoms with E-state index in [4.69, 9.17) is 0 Å². The summed E-state index contributed by atoms with van der Waals surface area (Å²) in [7, 11) is 1.74. The number of nitrogens with zero attached hydrogens (tertiary/aromatic N) is 1. The fourth-order valence-corrected chi connectivity index (χ4v) is 2.15. The van der Waals surface area contributed by atoms with Crippen LogP contribution < -0.4 is 5.56 Å². The first-order valence-electron chi connectivity index (χ1n) is 5.12. The lowest BCUT2D eigenvalue weighted by atomic mass is 10.2. The van der Waals surface area contributed by atoms with Crippen LogP contribution in [0.15, 0.2) is 40.0 Å². The monoisotopic (exact) mass is 248 g/mol. The highest BCUT2D eigenvalue weighted by atomic mass is 32.1. The number of thiophene rings is 1. The number of aromatic nitrogens is 1. The molecule has 0 radical (unpaired) electrons. The summed E-state index contributed by atoms with van der Waals surface area (Å²) in [5.74, 6) is -0.104. The van der Waals surface area contributed by atoms with Crippen LogP contribution in [0.5, 0.6) is 0 Å². The number of carbonyl (C=O) groups is 1. The SMILES string of the molecule is CN(Cc1ccsc1)C(=O)c1ccc(=O)[nH]c1. The summed E-state index contributed by atoms with van der Waals surface area (Å²) in [6.07, 6.45) is 1.44. The number of rotatable bonds is 3. The van der Waals surface area contributed by atoms with Crippen molar-refractivity contribution in [2.75, 3.05) is 7.05 Å². The third-order valence-electron chi connectivity index (χ3n) is 2.38. The summed E-state index contributed by atoms with van der Waals surface area (Å²) < 4.78 is 0. The van der Waals surface area contributed by atoms with Crippen LogP contribution in [0.1, 0.15) is 15.9 Å². The molecule has 0 spiro atoms. The average molecular weight is 248 g/mol. The van der Waals surface area contributed by atoms with E-state index in [1.165, 1.54) is 18.3 Å². The van der Waals surface area contributed by atoms with Gasteiger partial charge < -0.3 is 9.88 Å². The van der Waals surface area contributed by atoms with Gasteiger partial charge in [0.15, 0.2) is 0 Å². The van der Waals surface area contributed by atoms with Crippen LogP contribution in [0.25, 0.3) is 0 Å². The van der Waals surface area contributed by atoms with Gasteiger partial charge in [0.05, 0.1) is 5.56 Å². The summed E-state index contributed by atoms with van der Waals surface area (Å²) in [6.45, 7) is 0.571. The lowest BCUT2D eigenvalue weighted by molar-refractivity contribution is 0.0785. The third kappa shape index (κ3) is 2.82. The van der Waals surface area contributed by atoms with Gasteiger partial charge in [0.1, 0.15) is 0 Å². The Morgan fingerprint density at radius 3 is 2.82 bits per heavy atom. The predicted molar refractivity (Wildman–Crippen MR) is 67.2 cm³/mol. The maximum Gasteiger partial charge on any atom is 0.255 e. The number of pyridine rings is 1. The van der Waals surface area contributed by atoms with Crippen molar-refractivity contribution in [3.8, 4) is 0 Å². The van der Waals surface area contributed by atoms with Crippen molar-refractivity contribution in [1.29, 1.82) is 0 Å². The molecular weight excluding hydrogens is 236 g/mol. The molecule has 5 heteroatoms. The number of hydrogen-bond donors (Lipinski definition) is 1. The molecule has 0 unspecified atom stereocenters. The van der Waals surface area contributed by atoms with Crippen LogP contribution >= 0.6 is 11.3 Å². The lowest BCUT2D eigenvalue weighted by Crippen LogP contribution is -2.26. The van der Waals surface area contributed by atoms with Crippen LogP contribution in [0, 0.1) is 0 Å². The molecular formula is C12H12N2O2S. The first-order chi connectivity index (χ1) is 8.16. The minimum absolute atomic E-state index is 0.104. The fourth-order valence-electron chi connectivity index (χ4n) is 1.49. The Kier molecular flexibility index (Phi) is 3.39. The van der Waals surface area contributed by atoms with Crippen molar-refractivity contribution in [2.45, 2.75) is 6.54 Å². The van der Waals surface area contributed by atoms with Crippen molar-refractivity contribution in [3.63, 3.8) is 0 Å². The van der Waals surface area contributed by atoms with Gasteiger partial charge in [0.2, 0.25) is 5.56 Å². The second-order valence-electron chi connectivity index (χ2n) is 3.73. The summed E-state index contributed by atoms with van der Waals surface area (Å²) in [5.41, 5.74) is 1.39. The number of carbonyl (C=O) groups excluding carboxylic acids is 1. The van der Waals surface area contributed by atoms with Gasteiger partial charge in [0.25, 0.3) is 5.91 Å². The highest BCUT2D eigenvalue weighted by Crippen LogP contribution is 2.10. The van der Waals surface area contributed by atoms with Gasteiger partial charge in [-0.05, 0) is 28.5 Å². The van der Waals surface area contributed by atoms with Crippen molar-refractivity contribution < 1.29 is 4.79 Å². The van der Waals surface area contributed by atoms with Gasteiger partial charge in [-0.1, -0.05) is 0 Å². The Morgan fingerprint density at radius 2 is 2.24 bits per heavy atom. The number of nitrogens with one attached hydrogen (secondary N) is 1. The molecule has 0 saturated heterocycles. The van der Waals surface area contributed by atoms with Gasteiger partial charge in [-0.15, -0.1) is 0 Å². The molecule has 2 aromatic rings. The standard InChI is InChI=1S/C12H12N2O2S/c1-14(7-9-4-5-17-8-9)12(16)10-2-3-11(15)13-6-10/h2-6,8H,7H2,1H3,(H,13,15). The molecule has 0 bridgehead atoms. The van der Waals surface area contributed by atoms with E-state index < -0.39 is 0 Å². The van der Waals surface area contributed by atoms with Crippen LogP contribution in [-0.2, 0) is 6.54 Å². The normalized spacial score (nSPS) is 10.2. The number of hydrogen-bond acceptors (Lipinski definition) is 3. The van der Waals surface area contributed by atoms with Gasteiger partial charge in [-0.2, -0.15) is 11.3 Å². The largest absolute Gasteiger partial charge is 0.337 e. The van der Waals surface area contributed by atoms with Crippen molar-refractivity contribution in [1.82, 2.24) is 9.88 Å². The predicted octanol–water partition coefficient (Wildman–Crippen LogP) is 1.71. The Bertz CT molecular complexity index is 540. The van der Waals surface area contributed by atoms with E-state index in [0.717, 1.165) is 5.56 Å². The molecule has 0 aliphatic carbocycles. The van der Waals surface area contributed by atoms with E-state index in [-0.39, 0.29) is 11.5 Å². The molecule has 88 valence electrons. The Labute approximate surface area is 103 Å². The third-order valence-corrected chi connectivity index (χ3v) is 3.11. The molecule has 1 amide bonds. The smallest absolute Gasteiger partial charge is 0.255 e. The molecule has 2 aromatic heterocycles. The first kappa shape index (κ1) is 11.6. The van der Waals surface area contributed by atoms with E-state index >= 15 is 0 Å². The van der Waals surface area contributed by atoms with E-state index in [1.54, 1.807) is 23.3 Å². The molecule has 4 nitrogen and oxygen atoms in total. The first-order valence-corrected chi connectivity index (χ1v) is 6.06.